The number of aryl methyl sites for hydroxylation is 1. The van der Waals surface area contributed by atoms with Gasteiger partial charge >= 0.3 is 6.03 Å². The number of carbonyl (C=O) groups is 2. The van der Waals surface area contributed by atoms with Crippen molar-refractivity contribution in [2.45, 2.75) is 13.5 Å². The number of amides is 3. The number of hydrogen-bond donors (Lipinski definition) is 1. The number of pyridine rings is 1. The maximum absolute atomic E-state index is 13.1. The van der Waals surface area contributed by atoms with Crippen LogP contribution in [-0.2, 0) is 6.54 Å². The Morgan fingerprint density at radius 1 is 1.10 bits per heavy atom. The van der Waals surface area contributed by atoms with Gasteiger partial charge in [0, 0.05) is 25.2 Å². The first-order chi connectivity index (χ1) is 14.5. The number of aromatic nitrogens is 1. The van der Waals surface area contributed by atoms with Gasteiger partial charge in [0.15, 0.2) is 0 Å². The molecule has 1 N–H and O–H groups in total. The Morgan fingerprint density at radius 3 is 2.60 bits per heavy atom. The van der Waals surface area contributed by atoms with Crippen LogP contribution in [0.2, 0.25) is 0 Å². The minimum atomic E-state index is -0.299. The number of urea groups is 1. The van der Waals surface area contributed by atoms with Crippen LogP contribution >= 0.6 is 0 Å². The molecule has 0 aliphatic carbocycles. The van der Waals surface area contributed by atoms with E-state index < -0.39 is 0 Å². The Bertz CT molecular complexity index is 1070. The summed E-state index contributed by atoms with van der Waals surface area (Å²) in [6, 6.07) is 16.8. The van der Waals surface area contributed by atoms with E-state index in [1.807, 2.05) is 25.1 Å². The van der Waals surface area contributed by atoms with Crippen LogP contribution in [0, 0.1) is 12.7 Å². The lowest BCUT2D eigenvalue weighted by Crippen LogP contribution is -2.31. The number of nitrogens with zero attached hydrogens (tertiary/aromatic N) is 3. The molecule has 2 heterocycles. The molecule has 3 amide bonds. The van der Waals surface area contributed by atoms with Gasteiger partial charge in [-0.2, -0.15) is 0 Å². The first-order valence-corrected chi connectivity index (χ1v) is 9.64. The molecule has 0 unspecified atom stereocenters. The van der Waals surface area contributed by atoms with Crippen LogP contribution in [0.25, 0.3) is 0 Å². The van der Waals surface area contributed by atoms with Gasteiger partial charge < -0.3 is 10.2 Å². The number of anilines is 2. The van der Waals surface area contributed by atoms with Gasteiger partial charge in [-0.15, -0.1) is 0 Å². The first kappa shape index (κ1) is 19.6. The van der Waals surface area contributed by atoms with E-state index in [1.165, 1.54) is 12.1 Å². The van der Waals surface area contributed by atoms with Crippen LogP contribution in [0.4, 0.5) is 20.7 Å². The van der Waals surface area contributed by atoms with Crippen LogP contribution in [0.5, 0.6) is 0 Å². The number of carbonyl (C=O) groups excluding carboxylic acids is 2. The molecule has 0 spiro atoms. The Labute approximate surface area is 174 Å². The molecule has 0 bridgehead atoms. The molecule has 7 heteroatoms. The lowest BCUT2D eigenvalue weighted by Gasteiger charge is -2.18. The first-order valence-electron chi connectivity index (χ1n) is 9.64. The Hall–Kier alpha value is -3.74. The second-order valence-electron chi connectivity index (χ2n) is 7.21. The van der Waals surface area contributed by atoms with Crippen molar-refractivity contribution in [3.63, 3.8) is 0 Å². The number of rotatable bonds is 5. The Balaban J connectivity index is 1.39. The van der Waals surface area contributed by atoms with E-state index in [4.69, 9.17) is 0 Å². The highest BCUT2D eigenvalue weighted by molar-refractivity contribution is 6.04. The number of halogens is 1. The van der Waals surface area contributed by atoms with E-state index in [0.717, 1.165) is 11.1 Å². The normalized spacial score (nSPS) is 13.6. The zero-order chi connectivity index (χ0) is 21.1. The summed E-state index contributed by atoms with van der Waals surface area (Å²) >= 11 is 0. The molecule has 1 aromatic heterocycles. The number of hydrogen-bond acceptors (Lipinski definition) is 3. The molecular formula is C23H21FN4O2. The third-order valence-corrected chi connectivity index (χ3v) is 4.94. The fraction of sp³-hybridized carbons (Fsp3) is 0.174. The van der Waals surface area contributed by atoms with Crippen LogP contribution in [0.3, 0.4) is 0 Å². The second kappa shape index (κ2) is 8.32. The lowest BCUT2D eigenvalue weighted by atomic mass is 10.1. The molecule has 2 aromatic carbocycles. The number of nitrogens with one attached hydrogen (secondary N) is 1. The van der Waals surface area contributed by atoms with Crippen molar-refractivity contribution in [2.75, 3.05) is 23.3 Å². The summed E-state index contributed by atoms with van der Waals surface area (Å²) in [5, 5.41) is 2.81. The minimum Gasteiger partial charge on any atom is -0.321 e. The molecule has 3 aromatic rings. The Kier molecular flexibility index (Phi) is 5.43. The van der Waals surface area contributed by atoms with Gasteiger partial charge in [0.2, 0.25) is 0 Å². The van der Waals surface area contributed by atoms with E-state index in [-0.39, 0.29) is 17.8 Å². The van der Waals surface area contributed by atoms with E-state index in [9.17, 15) is 14.0 Å². The minimum absolute atomic E-state index is 0.150. The number of benzene rings is 2. The zero-order valence-corrected chi connectivity index (χ0v) is 16.5. The summed E-state index contributed by atoms with van der Waals surface area (Å²) in [7, 11) is 0. The second-order valence-corrected chi connectivity index (χ2v) is 7.21. The van der Waals surface area contributed by atoms with Crippen molar-refractivity contribution >= 4 is 23.4 Å². The van der Waals surface area contributed by atoms with Crippen molar-refractivity contribution in [3.8, 4) is 0 Å². The van der Waals surface area contributed by atoms with Crippen molar-refractivity contribution in [2.24, 2.45) is 0 Å². The topological polar surface area (TPSA) is 65.5 Å². The predicted molar refractivity (Wildman–Crippen MR) is 113 cm³/mol. The monoisotopic (exact) mass is 404 g/mol. The maximum atomic E-state index is 13.1. The van der Waals surface area contributed by atoms with Crippen molar-refractivity contribution < 1.29 is 14.0 Å². The lowest BCUT2D eigenvalue weighted by molar-refractivity contribution is 0.102. The van der Waals surface area contributed by atoms with Gasteiger partial charge in [-0.05, 0) is 48.9 Å². The van der Waals surface area contributed by atoms with E-state index in [1.54, 1.807) is 46.3 Å². The van der Waals surface area contributed by atoms with Crippen molar-refractivity contribution in [1.29, 1.82) is 0 Å². The van der Waals surface area contributed by atoms with Gasteiger partial charge in [0.1, 0.15) is 11.6 Å². The molecule has 6 nitrogen and oxygen atoms in total. The maximum Gasteiger partial charge on any atom is 0.326 e. The molecule has 4 rings (SSSR count). The third kappa shape index (κ3) is 4.30. The zero-order valence-electron chi connectivity index (χ0n) is 16.5. The average Bonchev–Trinajstić information content (AvgIpc) is 3.10. The van der Waals surface area contributed by atoms with E-state index in [2.05, 4.69) is 10.3 Å². The van der Waals surface area contributed by atoms with Crippen LogP contribution in [0.1, 0.15) is 21.5 Å². The van der Waals surface area contributed by atoms with E-state index in [0.29, 0.717) is 36.7 Å². The largest absolute Gasteiger partial charge is 0.326 e. The van der Waals surface area contributed by atoms with E-state index >= 15 is 0 Å². The highest BCUT2D eigenvalue weighted by Gasteiger charge is 2.30. The summed E-state index contributed by atoms with van der Waals surface area (Å²) in [6.07, 6.45) is 1.54. The molecule has 1 fully saturated rings. The fourth-order valence-electron chi connectivity index (χ4n) is 3.36. The molecule has 0 saturated carbocycles. The van der Waals surface area contributed by atoms with Crippen molar-refractivity contribution in [3.05, 3.63) is 89.4 Å². The summed E-state index contributed by atoms with van der Waals surface area (Å²) in [5.41, 5.74) is 3.01. The molecular weight excluding hydrogens is 383 g/mol. The summed E-state index contributed by atoms with van der Waals surface area (Å²) in [6.45, 7) is 3.42. The fourth-order valence-corrected chi connectivity index (χ4v) is 3.36. The van der Waals surface area contributed by atoms with Gasteiger partial charge in [0.25, 0.3) is 5.91 Å². The SMILES string of the molecule is Cc1cccc(C(=O)Nc2ccc(N3CCN(Cc4ccc(F)cc4)C3=O)nc2)c1. The Morgan fingerprint density at radius 2 is 1.90 bits per heavy atom. The molecule has 1 aliphatic rings. The van der Waals surface area contributed by atoms with Gasteiger partial charge in [-0.1, -0.05) is 29.8 Å². The highest BCUT2D eigenvalue weighted by atomic mass is 19.1. The highest BCUT2D eigenvalue weighted by Crippen LogP contribution is 2.21. The molecule has 0 radical (unpaired) electrons. The molecule has 0 atom stereocenters. The smallest absolute Gasteiger partial charge is 0.321 e. The summed E-state index contributed by atoms with van der Waals surface area (Å²) in [4.78, 5) is 32.7. The van der Waals surface area contributed by atoms with Crippen molar-refractivity contribution in [1.82, 2.24) is 9.88 Å². The van der Waals surface area contributed by atoms with Crippen LogP contribution < -0.4 is 10.2 Å². The summed E-state index contributed by atoms with van der Waals surface area (Å²) in [5.74, 6) is 0.0121. The van der Waals surface area contributed by atoms with Gasteiger partial charge in [-0.25, -0.2) is 14.2 Å². The molecule has 1 aliphatic heterocycles. The van der Waals surface area contributed by atoms with Crippen LogP contribution in [0.15, 0.2) is 66.9 Å². The van der Waals surface area contributed by atoms with Crippen LogP contribution in [-0.4, -0.2) is 34.9 Å². The average molecular weight is 404 g/mol. The molecule has 152 valence electrons. The predicted octanol–water partition coefficient (Wildman–Crippen LogP) is 4.22. The van der Waals surface area contributed by atoms with Gasteiger partial charge in [-0.3, -0.25) is 9.69 Å². The third-order valence-electron chi connectivity index (χ3n) is 4.94. The van der Waals surface area contributed by atoms with Gasteiger partial charge in [0.05, 0.1) is 11.9 Å². The molecule has 30 heavy (non-hydrogen) atoms. The summed E-state index contributed by atoms with van der Waals surface area (Å²) < 4.78 is 13.1. The quantitative estimate of drug-likeness (QED) is 0.692. The standard InChI is InChI=1S/C23H21FN4O2/c1-16-3-2-4-18(13-16)22(29)26-20-9-10-21(25-14-20)28-12-11-27(23(28)30)15-17-5-7-19(24)8-6-17/h2-10,13-14H,11-12,15H2,1H3,(H,26,29). The molecule has 1 saturated heterocycles.